The van der Waals surface area contributed by atoms with Crippen molar-refractivity contribution in [3.63, 3.8) is 0 Å². The van der Waals surface area contributed by atoms with Gasteiger partial charge in [-0.25, -0.2) is 9.18 Å². The second kappa shape index (κ2) is 8.87. The van der Waals surface area contributed by atoms with Gasteiger partial charge in [0.2, 0.25) is 5.91 Å². The molecule has 0 aromatic heterocycles. The summed E-state index contributed by atoms with van der Waals surface area (Å²) in [6, 6.07) is 4.08. The number of nitrogens with one attached hydrogen (secondary N) is 2. The maximum Gasteiger partial charge on any atom is 0.326 e. The lowest BCUT2D eigenvalue weighted by Gasteiger charge is -2.20. The van der Waals surface area contributed by atoms with Crippen LogP contribution in [0.15, 0.2) is 24.3 Å². The van der Waals surface area contributed by atoms with Crippen molar-refractivity contribution in [2.75, 3.05) is 6.54 Å². The first-order valence-corrected chi connectivity index (χ1v) is 7.41. The number of hydrogen-bond donors (Lipinski definition) is 3. The zero-order chi connectivity index (χ0) is 17.4. The smallest absolute Gasteiger partial charge is 0.326 e. The lowest BCUT2D eigenvalue weighted by molar-refractivity contribution is -0.143. The van der Waals surface area contributed by atoms with Gasteiger partial charge < -0.3 is 15.7 Å². The molecular weight excluding hydrogens is 303 g/mol. The van der Waals surface area contributed by atoms with Crippen molar-refractivity contribution in [1.29, 1.82) is 0 Å². The quantitative estimate of drug-likeness (QED) is 0.676. The molecule has 0 fully saturated rings. The molecule has 126 valence electrons. The summed E-state index contributed by atoms with van der Waals surface area (Å²) in [5, 5.41) is 14.1. The molecule has 0 saturated heterocycles. The molecule has 1 aromatic carbocycles. The fraction of sp³-hybridized carbons (Fsp3) is 0.438. The van der Waals surface area contributed by atoms with Crippen LogP contribution in [0.2, 0.25) is 0 Å². The Morgan fingerprint density at radius 1 is 1.22 bits per heavy atom. The molecule has 0 aliphatic rings. The van der Waals surface area contributed by atoms with E-state index in [1.807, 2.05) is 6.92 Å². The molecule has 7 heteroatoms. The number of carbonyl (C=O) groups excluding carboxylic acids is 2. The summed E-state index contributed by atoms with van der Waals surface area (Å²) in [6.07, 6.45) is 0.589. The molecule has 1 rings (SSSR count). The van der Waals surface area contributed by atoms with Crippen LogP contribution in [0.4, 0.5) is 4.39 Å². The first kappa shape index (κ1) is 18.6. The third kappa shape index (κ3) is 6.06. The third-order valence-corrected chi connectivity index (χ3v) is 3.54. The predicted molar refractivity (Wildman–Crippen MR) is 82.4 cm³/mol. The first-order chi connectivity index (χ1) is 10.8. The highest BCUT2D eigenvalue weighted by molar-refractivity contribution is 5.94. The van der Waals surface area contributed by atoms with Gasteiger partial charge in [0.1, 0.15) is 11.9 Å². The number of halogens is 1. The Morgan fingerprint density at radius 2 is 1.83 bits per heavy atom. The van der Waals surface area contributed by atoms with E-state index in [4.69, 9.17) is 5.11 Å². The molecule has 2 amide bonds. The number of carbonyl (C=O) groups is 3. The van der Waals surface area contributed by atoms with Crippen LogP contribution in [-0.4, -0.2) is 35.5 Å². The van der Waals surface area contributed by atoms with Crippen molar-refractivity contribution in [3.05, 3.63) is 35.6 Å². The molecular formula is C16H21FN2O4. The van der Waals surface area contributed by atoms with Crippen LogP contribution in [0.1, 0.15) is 37.0 Å². The van der Waals surface area contributed by atoms with Gasteiger partial charge in [-0.2, -0.15) is 0 Å². The molecule has 0 aliphatic heterocycles. The summed E-state index contributed by atoms with van der Waals surface area (Å²) in [7, 11) is 0. The summed E-state index contributed by atoms with van der Waals surface area (Å²) in [6.45, 7) is 3.65. The molecule has 0 aliphatic carbocycles. The minimum atomic E-state index is -1.08. The van der Waals surface area contributed by atoms with E-state index in [1.165, 1.54) is 24.3 Å². The molecule has 0 heterocycles. The number of rotatable bonds is 8. The van der Waals surface area contributed by atoms with Gasteiger partial charge in [-0.3, -0.25) is 9.59 Å². The second-order valence-corrected chi connectivity index (χ2v) is 5.28. The third-order valence-electron chi connectivity index (χ3n) is 3.54. The largest absolute Gasteiger partial charge is 0.480 e. The van der Waals surface area contributed by atoms with Gasteiger partial charge >= 0.3 is 5.97 Å². The normalized spacial score (nSPS) is 13.0. The summed E-state index contributed by atoms with van der Waals surface area (Å²) in [5.74, 6) is -2.58. The Labute approximate surface area is 134 Å². The van der Waals surface area contributed by atoms with Crippen molar-refractivity contribution < 1.29 is 23.9 Å². The van der Waals surface area contributed by atoms with Crippen molar-refractivity contribution in [2.24, 2.45) is 5.92 Å². The summed E-state index contributed by atoms with van der Waals surface area (Å²) in [5.41, 5.74) is 0.287. The Bertz CT molecular complexity index is 560. The molecule has 0 bridgehead atoms. The number of amides is 2. The molecule has 1 aromatic rings. The van der Waals surface area contributed by atoms with E-state index in [0.29, 0.717) is 6.42 Å². The minimum absolute atomic E-state index is 0.0346. The Morgan fingerprint density at radius 3 is 2.35 bits per heavy atom. The van der Waals surface area contributed by atoms with E-state index >= 15 is 0 Å². The predicted octanol–water partition coefficient (Wildman–Crippen LogP) is 1.56. The minimum Gasteiger partial charge on any atom is -0.480 e. The van der Waals surface area contributed by atoms with E-state index in [0.717, 1.165) is 0 Å². The maximum atomic E-state index is 12.8. The van der Waals surface area contributed by atoms with Crippen LogP contribution in [0, 0.1) is 11.7 Å². The Hall–Kier alpha value is -2.44. The van der Waals surface area contributed by atoms with Gasteiger partial charge in [-0.15, -0.1) is 0 Å². The maximum absolute atomic E-state index is 12.8. The summed E-state index contributed by atoms with van der Waals surface area (Å²) >= 11 is 0. The number of carboxylic acids is 1. The molecule has 0 spiro atoms. The van der Waals surface area contributed by atoms with Gasteiger partial charge in [-0.05, 0) is 30.2 Å². The van der Waals surface area contributed by atoms with E-state index in [1.54, 1.807) is 6.92 Å². The van der Waals surface area contributed by atoms with E-state index in [2.05, 4.69) is 10.6 Å². The highest BCUT2D eigenvalue weighted by atomic mass is 19.1. The number of hydrogen-bond acceptors (Lipinski definition) is 3. The van der Waals surface area contributed by atoms with E-state index in [9.17, 15) is 18.8 Å². The number of aliphatic carboxylic acids is 1. The van der Waals surface area contributed by atoms with Crippen molar-refractivity contribution >= 4 is 17.8 Å². The van der Waals surface area contributed by atoms with Crippen LogP contribution < -0.4 is 10.6 Å². The summed E-state index contributed by atoms with van der Waals surface area (Å²) < 4.78 is 12.8. The SMILES string of the molecule is CC[C@H](C)[C@H](NC(=O)CCNC(=O)c1ccc(F)cc1)C(=O)O. The van der Waals surface area contributed by atoms with E-state index < -0.39 is 29.6 Å². The van der Waals surface area contributed by atoms with Crippen LogP contribution in [0.3, 0.4) is 0 Å². The van der Waals surface area contributed by atoms with Crippen LogP contribution in [0.25, 0.3) is 0 Å². The first-order valence-electron chi connectivity index (χ1n) is 7.41. The Kier molecular flexibility index (Phi) is 7.18. The molecule has 0 radical (unpaired) electrons. The molecule has 2 atom stereocenters. The average molecular weight is 324 g/mol. The molecule has 6 nitrogen and oxygen atoms in total. The van der Waals surface area contributed by atoms with Crippen LogP contribution >= 0.6 is 0 Å². The highest BCUT2D eigenvalue weighted by Crippen LogP contribution is 2.08. The van der Waals surface area contributed by atoms with Gasteiger partial charge in [0.25, 0.3) is 5.91 Å². The average Bonchev–Trinajstić information content (AvgIpc) is 2.52. The fourth-order valence-electron chi connectivity index (χ4n) is 1.92. The topological polar surface area (TPSA) is 95.5 Å². The number of carboxylic acid groups (broad SMARTS) is 1. The fourth-order valence-corrected chi connectivity index (χ4v) is 1.92. The van der Waals surface area contributed by atoms with Gasteiger partial charge in [0.05, 0.1) is 0 Å². The lowest BCUT2D eigenvalue weighted by atomic mass is 9.99. The highest BCUT2D eigenvalue weighted by Gasteiger charge is 2.24. The molecule has 3 N–H and O–H groups in total. The zero-order valence-electron chi connectivity index (χ0n) is 13.1. The molecule has 0 saturated carbocycles. The lowest BCUT2D eigenvalue weighted by Crippen LogP contribution is -2.45. The van der Waals surface area contributed by atoms with Crippen molar-refractivity contribution in [2.45, 2.75) is 32.7 Å². The molecule has 0 unspecified atom stereocenters. The van der Waals surface area contributed by atoms with Crippen molar-refractivity contribution in [3.8, 4) is 0 Å². The second-order valence-electron chi connectivity index (χ2n) is 5.28. The number of benzene rings is 1. The standard InChI is InChI=1S/C16H21FN2O4/c1-3-10(2)14(16(22)23)19-13(20)8-9-18-15(21)11-4-6-12(17)7-5-11/h4-7,10,14H,3,8-9H2,1-2H3,(H,18,21)(H,19,20)(H,22,23)/t10-,14-/m0/s1. The van der Waals surface area contributed by atoms with Gasteiger partial charge in [-0.1, -0.05) is 20.3 Å². The van der Waals surface area contributed by atoms with Crippen molar-refractivity contribution in [1.82, 2.24) is 10.6 Å². The molecule has 23 heavy (non-hydrogen) atoms. The van der Waals surface area contributed by atoms with Gasteiger partial charge in [0, 0.05) is 18.5 Å². The summed E-state index contributed by atoms with van der Waals surface area (Å²) in [4.78, 5) is 34.6. The van der Waals surface area contributed by atoms with Crippen LogP contribution in [0.5, 0.6) is 0 Å². The van der Waals surface area contributed by atoms with Crippen LogP contribution in [-0.2, 0) is 9.59 Å². The monoisotopic (exact) mass is 324 g/mol. The van der Waals surface area contributed by atoms with Gasteiger partial charge in [0.15, 0.2) is 0 Å². The van der Waals surface area contributed by atoms with E-state index in [-0.39, 0.29) is 24.4 Å². The Balaban J connectivity index is 2.42. The zero-order valence-corrected chi connectivity index (χ0v) is 13.1.